The van der Waals surface area contributed by atoms with Crippen molar-refractivity contribution in [1.29, 1.82) is 0 Å². The molecule has 0 spiro atoms. The van der Waals surface area contributed by atoms with Gasteiger partial charge in [0.2, 0.25) is 0 Å². The summed E-state index contributed by atoms with van der Waals surface area (Å²) in [6, 6.07) is 0.474. The number of aromatic nitrogens is 2. The smallest absolute Gasteiger partial charge is 0.0738 e. The third kappa shape index (κ3) is 2.36. The number of fused-ring (bicyclic) bond motifs is 2. The van der Waals surface area contributed by atoms with Crippen LogP contribution in [0.4, 0.5) is 0 Å². The third-order valence-electron chi connectivity index (χ3n) is 4.72. The normalized spacial score (nSPS) is 31.1. The van der Waals surface area contributed by atoms with Crippen molar-refractivity contribution in [2.24, 2.45) is 13.0 Å². The summed E-state index contributed by atoms with van der Waals surface area (Å²) in [5.41, 5.74) is 2.34. The van der Waals surface area contributed by atoms with E-state index in [1.54, 1.807) is 0 Å². The number of aryl methyl sites for hydroxylation is 2. The Kier molecular flexibility index (Phi) is 3.71. The van der Waals surface area contributed by atoms with Crippen molar-refractivity contribution in [3.05, 3.63) is 15.9 Å². The second kappa shape index (κ2) is 5.19. The number of ether oxygens (including phenoxy) is 1. The van der Waals surface area contributed by atoms with Gasteiger partial charge in [-0.15, -0.1) is 0 Å². The predicted octanol–water partition coefficient (Wildman–Crippen LogP) is 2.19. The molecule has 2 aliphatic heterocycles. The van der Waals surface area contributed by atoms with Crippen LogP contribution in [-0.2, 0) is 18.2 Å². The first-order valence-corrected chi connectivity index (χ1v) is 7.90. The van der Waals surface area contributed by atoms with Gasteiger partial charge in [0.15, 0.2) is 0 Å². The zero-order chi connectivity index (χ0) is 13.6. The standard InChI is InChI=1S/C14H22BrN3O/c1-8-14(15)12(18(3)17-8)7-11(16-2)10-6-9-4-5-13(10)19-9/h9-11,13,16H,4-7H2,1-3H3. The fourth-order valence-corrected chi connectivity index (χ4v) is 4.18. The second-order valence-corrected chi connectivity index (χ2v) is 6.64. The summed E-state index contributed by atoms with van der Waals surface area (Å²) >= 11 is 3.67. The average molecular weight is 328 g/mol. The van der Waals surface area contributed by atoms with Gasteiger partial charge >= 0.3 is 0 Å². The van der Waals surface area contributed by atoms with Gasteiger partial charge < -0.3 is 10.1 Å². The van der Waals surface area contributed by atoms with E-state index in [4.69, 9.17) is 4.74 Å². The molecule has 2 aliphatic rings. The highest BCUT2D eigenvalue weighted by Gasteiger charge is 2.44. The van der Waals surface area contributed by atoms with Crippen molar-refractivity contribution in [2.45, 2.75) is 50.9 Å². The Morgan fingerprint density at radius 2 is 2.32 bits per heavy atom. The van der Waals surface area contributed by atoms with Crippen LogP contribution in [0, 0.1) is 12.8 Å². The van der Waals surface area contributed by atoms with Gasteiger partial charge in [0.1, 0.15) is 0 Å². The molecule has 106 valence electrons. The summed E-state index contributed by atoms with van der Waals surface area (Å²) in [5, 5.41) is 7.98. The van der Waals surface area contributed by atoms with Crippen LogP contribution in [0.25, 0.3) is 0 Å². The van der Waals surface area contributed by atoms with E-state index in [1.807, 2.05) is 18.7 Å². The minimum absolute atomic E-state index is 0.468. The lowest BCUT2D eigenvalue weighted by atomic mass is 9.82. The van der Waals surface area contributed by atoms with Gasteiger partial charge in [-0.2, -0.15) is 5.10 Å². The Morgan fingerprint density at radius 1 is 1.53 bits per heavy atom. The first-order valence-electron chi connectivity index (χ1n) is 7.10. The minimum Gasteiger partial charge on any atom is -0.375 e. The van der Waals surface area contributed by atoms with E-state index in [9.17, 15) is 0 Å². The Bertz CT molecular complexity index is 474. The van der Waals surface area contributed by atoms with Crippen molar-refractivity contribution in [3.63, 3.8) is 0 Å². The number of hydrogen-bond acceptors (Lipinski definition) is 3. The molecule has 2 saturated heterocycles. The lowest BCUT2D eigenvalue weighted by Crippen LogP contribution is -2.40. The van der Waals surface area contributed by atoms with E-state index in [0.717, 1.165) is 16.6 Å². The van der Waals surface area contributed by atoms with Crippen molar-refractivity contribution in [3.8, 4) is 0 Å². The van der Waals surface area contributed by atoms with Crippen LogP contribution in [0.3, 0.4) is 0 Å². The van der Waals surface area contributed by atoms with Gasteiger partial charge in [0.05, 0.1) is 28.1 Å². The van der Waals surface area contributed by atoms with Crippen LogP contribution in [-0.4, -0.2) is 35.1 Å². The molecule has 1 aromatic heterocycles. The third-order valence-corrected chi connectivity index (χ3v) is 5.75. The fraction of sp³-hybridized carbons (Fsp3) is 0.786. The zero-order valence-electron chi connectivity index (χ0n) is 11.8. The highest BCUT2D eigenvalue weighted by molar-refractivity contribution is 9.10. The monoisotopic (exact) mass is 327 g/mol. The van der Waals surface area contributed by atoms with Crippen LogP contribution >= 0.6 is 15.9 Å². The molecule has 3 heterocycles. The van der Waals surface area contributed by atoms with E-state index >= 15 is 0 Å². The van der Waals surface area contributed by atoms with Gasteiger partial charge in [0.25, 0.3) is 0 Å². The second-order valence-electron chi connectivity index (χ2n) is 5.84. The van der Waals surface area contributed by atoms with Crippen LogP contribution in [0.1, 0.15) is 30.7 Å². The van der Waals surface area contributed by atoms with Crippen molar-refractivity contribution in [2.75, 3.05) is 7.05 Å². The van der Waals surface area contributed by atoms with Crippen LogP contribution in [0.5, 0.6) is 0 Å². The maximum Gasteiger partial charge on any atom is 0.0738 e. The molecule has 3 rings (SSSR count). The SMILES string of the molecule is CNC(Cc1c(Br)c(C)nn1C)C1CC2CCC1O2. The molecule has 1 aromatic rings. The number of likely N-dealkylation sites (N-methyl/N-ethyl adjacent to an activating group) is 1. The molecule has 0 saturated carbocycles. The van der Waals surface area contributed by atoms with Crippen molar-refractivity contribution < 1.29 is 4.74 Å². The molecule has 0 amide bonds. The first-order chi connectivity index (χ1) is 9.10. The fourth-order valence-electron chi connectivity index (χ4n) is 3.68. The molecule has 1 N–H and O–H groups in total. The largest absolute Gasteiger partial charge is 0.375 e. The molecule has 0 radical (unpaired) electrons. The van der Waals surface area contributed by atoms with Crippen LogP contribution in [0.15, 0.2) is 4.47 Å². The molecule has 19 heavy (non-hydrogen) atoms. The summed E-state index contributed by atoms with van der Waals surface area (Å²) in [4.78, 5) is 0. The molecule has 2 bridgehead atoms. The molecule has 2 fully saturated rings. The van der Waals surface area contributed by atoms with Gasteiger partial charge in [0, 0.05) is 25.4 Å². The Balaban J connectivity index is 1.76. The quantitative estimate of drug-likeness (QED) is 0.921. The minimum atomic E-state index is 0.468. The van der Waals surface area contributed by atoms with Gasteiger partial charge in [-0.05, 0) is 49.2 Å². The number of nitrogens with zero attached hydrogens (tertiary/aromatic N) is 2. The van der Waals surface area contributed by atoms with Gasteiger partial charge in [-0.1, -0.05) is 0 Å². The molecule has 4 nitrogen and oxygen atoms in total. The maximum absolute atomic E-state index is 6.00. The summed E-state index contributed by atoms with van der Waals surface area (Å²) < 4.78 is 9.15. The average Bonchev–Trinajstić information content (AvgIpc) is 3.06. The molecular weight excluding hydrogens is 306 g/mol. The lowest BCUT2D eigenvalue weighted by Gasteiger charge is -2.28. The molecule has 5 heteroatoms. The summed E-state index contributed by atoms with van der Waals surface area (Å²) in [6.45, 7) is 2.04. The number of halogens is 1. The summed E-state index contributed by atoms with van der Waals surface area (Å²) in [6.07, 6.45) is 5.69. The molecular formula is C14H22BrN3O. The van der Waals surface area contributed by atoms with Gasteiger partial charge in [-0.3, -0.25) is 4.68 Å². The van der Waals surface area contributed by atoms with Crippen LogP contribution in [0.2, 0.25) is 0 Å². The first kappa shape index (κ1) is 13.6. The van der Waals surface area contributed by atoms with E-state index in [1.165, 1.54) is 25.0 Å². The van der Waals surface area contributed by atoms with Gasteiger partial charge in [-0.25, -0.2) is 0 Å². The summed E-state index contributed by atoms with van der Waals surface area (Å²) in [7, 11) is 4.09. The van der Waals surface area contributed by atoms with E-state index in [-0.39, 0.29) is 0 Å². The highest BCUT2D eigenvalue weighted by atomic mass is 79.9. The predicted molar refractivity (Wildman–Crippen MR) is 78.2 cm³/mol. The van der Waals surface area contributed by atoms with Crippen molar-refractivity contribution >= 4 is 15.9 Å². The Hall–Kier alpha value is -0.390. The van der Waals surface area contributed by atoms with Crippen LogP contribution < -0.4 is 5.32 Å². The lowest BCUT2D eigenvalue weighted by molar-refractivity contribution is 0.0862. The summed E-state index contributed by atoms with van der Waals surface area (Å²) in [5.74, 6) is 0.644. The van der Waals surface area contributed by atoms with Crippen molar-refractivity contribution in [1.82, 2.24) is 15.1 Å². The Labute approximate surface area is 123 Å². The number of hydrogen-bond donors (Lipinski definition) is 1. The Morgan fingerprint density at radius 3 is 2.79 bits per heavy atom. The topological polar surface area (TPSA) is 39.1 Å². The molecule has 4 atom stereocenters. The van der Waals surface area contributed by atoms with E-state index < -0.39 is 0 Å². The maximum atomic E-state index is 6.00. The number of rotatable bonds is 4. The number of nitrogens with one attached hydrogen (secondary N) is 1. The molecule has 0 aromatic carbocycles. The van der Waals surface area contributed by atoms with E-state index in [2.05, 4.69) is 33.4 Å². The molecule has 4 unspecified atom stereocenters. The zero-order valence-corrected chi connectivity index (χ0v) is 13.4. The molecule has 0 aliphatic carbocycles. The highest BCUT2D eigenvalue weighted by Crippen LogP contribution is 2.41. The van der Waals surface area contributed by atoms with E-state index in [0.29, 0.717) is 24.2 Å².